The van der Waals surface area contributed by atoms with Crippen molar-refractivity contribution in [2.24, 2.45) is 0 Å². The van der Waals surface area contributed by atoms with E-state index in [9.17, 15) is 13.2 Å². The predicted molar refractivity (Wildman–Crippen MR) is 54.2 cm³/mol. The van der Waals surface area contributed by atoms with E-state index in [-0.39, 0.29) is 20.9 Å². The Kier molecular flexibility index (Phi) is 1.94. The van der Waals surface area contributed by atoms with Crippen LogP contribution in [-0.4, -0.2) is 19.5 Å². The highest BCUT2D eigenvalue weighted by molar-refractivity contribution is 7.95. The van der Waals surface area contributed by atoms with Crippen LogP contribution in [0.15, 0.2) is 28.0 Å². The topological polar surface area (TPSA) is 71.4 Å². The smallest absolute Gasteiger partial charge is 0.336 e. The standard InChI is InChI=1S/C10H8O4S/c1-6-5-8-7(10(11)12)3-2-4-9(8)15(6,13)14/h2-5H,1H3,(H,11,12). The zero-order valence-corrected chi connectivity index (χ0v) is 8.71. The molecule has 0 atom stereocenters. The Hall–Kier alpha value is -1.62. The van der Waals surface area contributed by atoms with Crippen LogP contribution in [0, 0.1) is 0 Å². The molecule has 0 aliphatic carbocycles. The number of aromatic carboxylic acids is 1. The van der Waals surface area contributed by atoms with E-state index >= 15 is 0 Å². The number of hydrogen-bond donors (Lipinski definition) is 1. The summed E-state index contributed by atoms with van der Waals surface area (Å²) in [5.41, 5.74) is 0.301. The molecule has 2 rings (SSSR count). The zero-order valence-electron chi connectivity index (χ0n) is 7.89. The summed E-state index contributed by atoms with van der Waals surface area (Å²) in [4.78, 5) is 11.1. The van der Waals surface area contributed by atoms with Gasteiger partial charge in [0, 0.05) is 10.5 Å². The van der Waals surface area contributed by atoms with Crippen LogP contribution in [-0.2, 0) is 9.84 Å². The summed E-state index contributed by atoms with van der Waals surface area (Å²) in [5, 5.41) is 8.88. The van der Waals surface area contributed by atoms with Gasteiger partial charge in [0.2, 0.25) is 9.84 Å². The Morgan fingerprint density at radius 3 is 2.60 bits per heavy atom. The molecule has 0 spiro atoms. The Morgan fingerprint density at radius 1 is 1.33 bits per heavy atom. The molecule has 0 unspecified atom stereocenters. The van der Waals surface area contributed by atoms with Gasteiger partial charge >= 0.3 is 5.97 Å². The first-order valence-electron chi connectivity index (χ1n) is 4.24. The van der Waals surface area contributed by atoms with Crippen LogP contribution in [0.2, 0.25) is 0 Å². The minimum absolute atomic E-state index is 0.0212. The third-order valence-electron chi connectivity index (χ3n) is 2.36. The first-order chi connectivity index (χ1) is 6.94. The Balaban J connectivity index is 2.83. The molecule has 1 aliphatic heterocycles. The maximum atomic E-state index is 11.7. The van der Waals surface area contributed by atoms with E-state index < -0.39 is 15.8 Å². The van der Waals surface area contributed by atoms with Gasteiger partial charge in [0.1, 0.15) is 0 Å². The summed E-state index contributed by atoms with van der Waals surface area (Å²) in [6.45, 7) is 1.46. The summed E-state index contributed by atoms with van der Waals surface area (Å²) < 4.78 is 23.4. The van der Waals surface area contributed by atoms with Gasteiger partial charge in [-0.05, 0) is 25.1 Å². The molecule has 15 heavy (non-hydrogen) atoms. The monoisotopic (exact) mass is 224 g/mol. The Labute approximate surface area is 86.8 Å². The summed E-state index contributed by atoms with van der Waals surface area (Å²) in [5.74, 6) is -1.12. The second-order valence-electron chi connectivity index (χ2n) is 3.28. The largest absolute Gasteiger partial charge is 0.478 e. The van der Waals surface area contributed by atoms with Crippen LogP contribution in [0.5, 0.6) is 0 Å². The molecular weight excluding hydrogens is 216 g/mol. The van der Waals surface area contributed by atoms with E-state index in [0.717, 1.165) is 0 Å². The van der Waals surface area contributed by atoms with E-state index in [1.807, 2.05) is 0 Å². The van der Waals surface area contributed by atoms with Gasteiger partial charge in [-0.2, -0.15) is 0 Å². The van der Waals surface area contributed by atoms with Crippen LogP contribution in [0.4, 0.5) is 0 Å². The minimum atomic E-state index is -3.44. The van der Waals surface area contributed by atoms with E-state index in [4.69, 9.17) is 5.11 Å². The zero-order chi connectivity index (χ0) is 11.2. The van der Waals surface area contributed by atoms with Gasteiger partial charge in [-0.1, -0.05) is 6.07 Å². The average molecular weight is 224 g/mol. The molecule has 1 aromatic rings. The molecule has 0 bridgehead atoms. The highest BCUT2D eigenvalue weighted by atomic mass is 32.2. The molecule has 1 aromatic carbocycles. The van der Waals surface area contributed by atoms with E-state index in [2.05, 4.69) is 0 Å². The van der Waals surface area contributed by atoms with Crippen LogP contribution < -0.4 is 0 Å². The highest BCUT2D eigenvalue weighted by Gasteiger charge is 2.29. The number of rotatable bonds is 1. The number of benzene rings is 1. The lowest BCUT2D eigenvalue weighted by Crippen LogP contribution is -2.02. The van der Waals surface area contributed by atoms with Crippen LogP contribution in [0.25, 0.3) is 6.08 Å². The highest BCUT2D eigenvalue weighted by Crippen LogP contribution is 2.34. The first-order valence-corrected chi connectivity index (χ1v) is 5.72. The number of sulfone groups is 1. The van der Waals surface area contributed by atoms with E-state index in [0.29, 0.717) is 0 Å². The van der Waals surface area contributed by atoms with Crippen molar-refractivity contribution in [1.82, 2.24) is 0 Å². The lowest BCUT2D eigenvalue weighted by Gasteiger charge is -2.01. The van der Waals surface area contributed by atoms with Crippen LogP contribution >= 0.6 is 0 Å². The normalized spacial score (nSPS) is 17.0. The fourth-order valence-electron chi connectivity index (χ4n) is 1.57. The lowest BCUT2D eigenvalue weighted by atomic mass is 10.1. The van der Waals surface area contributed by atoms with Crippen molar-refractivity contribution < 1.29 is 18.3 Å². The molecule has 0 saturated carbocycles. The number of fused-ring (bicyclic) bond motifs is 1. The average Bonchev–Trinajstić information content (AvgIpc) is 2.38. The third-order valence-corrected chi connectivity index (χ3v) is 4.26. The fraction of sp³-hybridized carbons (Fsp3) is 0.100. The van der Waals surface area contributed by atoms with Gasteiger partial charge < -0.3 is 5.11 Å². The van der Waals surface area contributed by atoms with Gasteiger partial charge in [-0.15, -0.1) is 0 Å². The van der Waals surface area contributed by atoms with E-state index in [1.165, 1.54) is 31.2 Å². The Morgan fingerprint density at radius 2 is 2.00 bits per heavy atom. The van der Waals surface area contributed by atoms with Gasteiger partial charge in [-0.3, -0.25) is 0 Å². The number of allylic oxidation sites excluding steroid dienone is 1. The number of hydrogen-bond acceptors (Lipinski definition) is 3. The fourth-order valence-corrected chi connectivity index (χ4v) is 2.90. The first kappa shape index (κ1) is 9.92. The predicted octanol–water partition coefficient (Wildman–Crippen LogP) is 1.53. The molecule has 78 valence electrons. The second-order valence-corrected chi connectivity index (χ2v) is 5.37. The SMILES string of the molecule is CC1=Cc2c(C(=O)O)cccc2S1(=O)=O. The van der Waals surface area contributed by atoms with Crippen molar-refractivity contribution in [3.8, 4) is 0 Å². The third kappa shape index (κ3) is 1.27. The van der Waals surface area contributed by atoms with Crippen molar-refractivity contribution in [1.29, 1.82) is 0 Å². The molecule has 0 radical (unpaired) electrons. The quantitative estimate of drug-likeness (QED) is 0.785. The van der Waals surface area contributed by atoms with Gasteiger partial charge in [0.25, 0.3) is 0 Å². The number of carboxylic acid groups (broad SMARTS) is 1. The van der Waals surface area contributed by atoms with Crippen molar-refractivity contribution in [3.63, 3.8) is 0 Å². The molecule has 0 fully saturated rings. The maximum absolute atomic E-state index is 11.7. The molecular formula is C10H8O4S. The maximum Gasteiger partial charge on any atom is 0.336 e. The van der Waals surface area contributed by atoms with Crippen molar-refractivity contribution in [2.75, 3.05) is 0 Å². The molecule has 1 N–H and O–H groups in total. The molecule has 0 aromatic heterocycles. The summed E-state index contributed by atoms with van der Waals surface area (Å²) in [6, 6.07) is 4.25. The van der Waals surface area contributed by atoms with E-state index in [1.54, 1.807) is 0 Å². The Bertz CT molecular complexity index is 581. The summed E-state index contributed by atoms with van der Waals surface area (Å²) >= 11 is 0. The van der Waals surface area contributed by atoms with Crippen molar-refractivity contribution in [2.45, 2.75) is 11.8 Å². The van der Waals surface area contributed by atoms with Gasteiger partial charge in [0.15, 0.2) is 0 Å². The summed E-state index contributed by atoms with van der Waals surface area (Å²) in [6.07, 6.45) is 1.40. The minimum Gasteiger partial charge on any atom is -0.478 e. The van der Waals surface area contributed by atoms with Crippen molar-refractivity contribution in [3.05, 3.63) is 34.2 Å². The van der Waals surface area contributed by atoms with Crippen LogP contribution in [0.3, 0.4) is 0 Å². The molecule has 1 heterocycles. The number of carboxylic acids is 1. The molecule has 4 nitrogen and oxygen atoms in total. The van der Waals surface area contributed by atoms with Gasteiger partial charge in [-0.25, -0.2) is 13.2 Å². The molecule has 0 saturated heterocycles. The number of carbonyl (C=O) groups is 1. The molecule has 0 amide bonds. The summed E-state index contributed by atoms with van der Waals surface area (Å²) in [7, 11) is -3.44. The second kappa shape index (κ2) is 2.93. The molecule has 5 heteroatoms. The van der Waals surface area contributed by atoms with Crippen molar-refractivity contribution >= 4 is 21.9 Å². The van der Waals surface area contributed by atoms with Gasteiger partial charge in [0.05, 0.1) is 10.5 Å². The van der Waals surface area contributed by atoms with Crippen LogP contribution in [0.1, 0.15) is 22.8 Å². The molecule has 1 aliphatic rings. The lowest BCUT2D eigenvalue weighted by molar-refractivity contribution is 0.0696.